The maximum absolute atomic E-state index is 9.35. The molecule has 0 saturated heterocycles. The lowest BCUT2D eigenvalue weighted by Gasteiger charge is -2.19. The summed E-state index contributed by atoms with van der Waals surface area (Å²) in [4.78, 5) is 0. The van der Waals surface area contributed by atoms with Crippen LogP contribution < -0.4 is 4.74 Å². The van der Waals surface area contributed by atoms with Gasteiger partial charge in [0.1, 0.15) is 11.9 Å². The maximum Gasteiger partial charge on any atom is 0.144 e. The highest BCUT2D eigenvalue weighted by molar-refractivity contribution is 5.65. The predicted molar refractivity (Wildman–Crippen MR) is 65.5 cm³/mol. The van der Waals surface area contributed by atoms with Crippen molar-refractivity contribution in [1.29, 1.82) is 5.26 Å². The number of aliphatic hydroxyl groups is 1. The molecular weight excluding hydrogens is 214 g/mol. The first kappa shape index (κ1) is 11.7. The Hall–Kier alpha value is -1.79. The number of rotatable bonds is 3. The number of aliphatic hydroxyl groups excluding tert-OH is 1. The Morgan fingerprint density at radius 1 is 1.47 bits per heavy atom. The fourth-order valence-corrected chi connectivity index (χ4v) is 2.18. The molecule has 1 aliphatic carbocycles. The van der Waals surface area contributed by atoms with E-state index >= 15 is 0 Å². The van der Waals surface area contributed by atoms with Crippen molar-refractivity contribution in [2.45, 2.75) is 25.4 Å². The Morgan fingerprint density at radius 3 is 3.00 bits per heavy atom. The Kier molecular flexibility index (Phi) is 3.46. The van der Waals surface area contributed by atoms with Gasteiger partial charge in [-0.1, -0.05) is 23.8 Å². The number of nitriles is 1. The topological polar surface area (TPSA) is 53.2 Å². The van der Waals surface area contributed by atoms with Gasteiger partial charge in [-0.3, -0.25) is 0 Å². The highest BCUT2D eigenvalue weighted by Gasteiger charge is 2.15. The number of methoxy groups -OCH3 is 1. The van der Waals surface area contributed by atoms with E-state index in [2.05, 4.69) is 6.07 Å². The van der Waals surface area contributed by atoms with Crippen LogP contribution in [0.15, 0.2) is 23.8 Å². The van der Waals surface area contributed by atoms with Gasteiger partial charge in [-0.05, 0) is 24.5 Å². The number of aryl methyl sites for hydroxylation is 1. The molecule has 3 nitrogen and oxygen atoms in total. The standard InChI is InChI=1S/C14H15NO2/c1-17-14-4-2-3-11-6-5-10(8-13(11)14)7-12(16)9-15/h2-4,8,12,16H,5-7H2,1H3/t12-/m1/s1. The highest BCUT2D eigenvalue weighted by Crippen LogP contribution is 2.32. The zero-order valence-electron chi connectivity index (χ0n) is 9.81. The Bertz CT molecular complexity index is 485. The van der Waals surface area contributed by atoms with E-state index in [0.717, 1.165) is 29.7 Å². The average molecular weight is 229 g/mol. The van der Waals surface area contributed by atoms with Crippen LogP contribution in [0.1, 0.15) is 24.0 Å². The van der Waals surface area contributed by atoms with Gasteiger partial charge in [0.05, 0.1) is 13.2 Å². The van der Waals surface area contributed by atoms with Gasteiger partial charge >= 0.3 is 0 Å². The van der Waals surface area contributed by atoms with Crippen LogP contribution in [-0.2, 0) is 6.42 Å². The van der Waals surface area contributed by atoms with E-state index < -0.39 is 6.10 Å². The summed E-state index contributed by atoms with van der Waals surface area (Å²) in [7, 11) is 1.65. The van der Waals surface area contributed by atoms with Gasteiger partial charge in [-0.25, -0.2) is 0 Å². The third-order valence-corrected chi connectivity index (χ3v) is 3.04. The largest absolute Gasteiger partial charge is 0.496 e. The second kappa shape index (κ2) is 5.03. The zero-order chi connectivity index (χ0) is 12.3. The Morgan fingerprint density at radius 2 is 2.29 bits per heavy atom. The lowest BCUT2D eigenvalue weighted by molar-refractivity contribution is 0.229. The summed E-state index contributed by atoms with van der Waals surface area (Å²) in [5.41, 5.74) is 3.46. The quantitative estimate of drug-likeness (QED) is 0.809. The first-order chi connectivity index (χ1) is 8.24. The average Bonchev–Trinajstić information content (AvgIpc) is 2.37. The maximum atomic E-state index is 9.35. The van der Waals surface area contributed by atoms with Crippen LogP contribution in [0.25, 0.3) is 6.08 Å². The molecule has 1 atom stereocenters. The normalized spacial score (nSPS) is 15.5. The van der Waals surface area contributed by atoms with E-state index in [1.807, 2.05) is 24.3 Å². The highest BCUT2D eigenvalue weighted by atomic mass is 16.5. The van der Waals surface area contributed by atoms with Crippen LogP contribution in [0.4, 0.5) is 0 Å². The molecule has 0 heterocycles. The lowest BCUT2D eigenvalue weighted by Crippen LogP contribution is -2.08. The Labute approximate surface area is 101 Å². The number of benzene rings is 1. The summed E-state index contributed by atoms with van der Waals surface area (Å²) in [6.45, 7) is 0. The van der Waals surface area contributed by atoms with Crippen molar-refractivity contribution in [2.75, 3.05) is 7.11 Å². The van der Waals surface area contributed by atoms with E-state index in [1.165, 1.54) is 5.56 Å². The summed E-state index contributed by atoms with van der Waals surface area (Å²) >= 11 is 0. The van der Waals surface area contributed by atoms with Gasteiger partial charge in [0.15, 0.2) is 0 Å². The molecule has 3 heteroatoms. The van der Waals surface area contributed by atoms with Crippen molar-refractivity contribution in [3.05, 3.63) is 34.9 Å². The lowest BCUT2D eigenvalue weighted by atomic mass is 9.89. The van der Waals surface area contributed by atoms with Gasteiger partial charge in [0.2, 0.25) is 0 Å². The van der Waals surface area contributed by atoms with Gasteiger partial charge in [0.25, 0.3) is 0 Å². The van der Waals surface area contributed by atoms with Crippen LogP contribution in [0, 0.1) is 11.3 Å². The van der Waals surface area contributed by atoms with Gasteiger partial charge < -0.3 is 9.84 Å². The van der Waals surface area contributed by atoms with E-state index in [9.17, 15) is 5.11 Å². The number of nitrogens with zero attached hydrogens (tertiary/aromatic N) is 1. The second-order valence-corrected chi connectivity index (χ2v) is 4.18. The first-order valence-corrected chi connectivity index (χ1v) is 5.67. The van der Waals surface area contributed by atoms with Crippen LogP contribution in [0.3, 0.4) is 0 Å². The molecule has 0 unspecified atom stereocenters. The molecular formula is C14H15NO2. The molecule has 0 fully saturated rings. The van der Waals surface area contributed by atoms with Crippen molar-refractivity contribution in [3.8, 4) is 11.8 Å². The first-order valence-electron chi connectivity index (χ1n) is 5.67. The minimum atomic E-state index is -0.905. The molecule has 0 aromatic heterocycles. The van der Waals surface area contributed by atoms with Gasteiger partial charge in [0, 0.05) is 12.0 Å². The Balaban J connectivity index is 2.30. The van der Waals surface area contributed by atoms with Crippen molar-refractivity contribution in [1.82, 2.24) is 0 Å². The molecule has 1 aromatic carbocycles. The summed E-state index contributed by atoms with van der Waals surface area (Å²) in [6.07, 6.45) is 3.40. The third-order valence-electron chi connectivity index (χ3n) is 3.04. The molecule has 0 spiro atoms. The minimum Gasteiger partial charge on any atom is -0.496 e. The second-order valence-electron chi connectivity index (χ2n) is 4.18. The van der Waals surface area contributed by atoms with Crippen LogP contribution >= 0.6 is 0 Å². The molecule has 0 aliphatic heterocycles. The van der Waals surface area contributed by atoms with Crippen LogP contribution in [0.2, 0.25) is 0 Å². The molecule has 17 heavy (non-hydrogen) atoms. The van der Waals surface area contributed by atoms with Crippen molar-refractivity contribution < 1.29 is 9.84 Å². The number of fused-ring (bicyclic) bond motifs is 1. The van der Waals surface area contributed by atoms with Crippen molar-refractivity contribution in [2.24, 2.45) is 0 Å². The summed E-state index contributed by atoms with van der Waals surface area (Å²) in [6, 6.07) is 7.85. The monoisotopic (exact) mass is 229 g/mol. The summed E-state index contributed by atoms with van der Waals surface area (Å²) in [5, 5.41) is 18.0. The molecule has 0 radical (unpaired) electrons. The zero-order valence-corrected chi connectivity index (χ0v) is 9.81. The van der Waals surface area contributed by atoms with Gasteiger partial charge in [-0.2, -0.15) is 5.26 Å². The molecule has 88 valence electrons. The van der Waals surface area contributed by atoms with Gasteiger partial charge in [-0.15, -0.1) is 0 Å². The number of ether oxygens (including phenoxy) is 1. The molecule has 0 amide bonds. The molecule has 0 saturated carbocycles. The number of hydrogen-bond acceptors (Lipinski definition) is 3. The van der Waals surface area contributed by atoms with Crippen molar-refractivity contribution >= 4 is 6.08 Å². The molecule has 1 aromatic rings. The van der Waals surface area contributed by atoms with E-state index in [1.54, 1.807) is 7.11 Å². The SMILES string of the molecule is COc1cccc2c1C=C(C[C@@H](O)C#N)CC2. The fraction of sp³-hybridized carbons (Fsp3) is 0.357. The smallest absolute Gasteiger partial charge is 0.144 e. The van der Waals surface area contributed by atoms with Crippen LogP contribution in [0.5, 0.6) is 5.75 Å². The summed E-state index contributed by atoms with van der Waals surface area (Å²) in [5.74, 6) is 0.853. The molecule has 0 bridgehead atoms. The van der Waals surface area contributed by atoms with Crippen LogP contribution in [-0.4, -0.2) is 18.3 Å². The molecule has 1 N–H and O–H groups in total. The molecule has 2 rings (SSSR count). The summed E-state index contributed by atoms with van der Waals surface area (Å²) < 4.78 is 5.32. The van der Waals surface area contributed by atoms with E-state index in [-0.39, 0.29) is 0 Å². The van der Waals surface area contributed by atoms with E-state index in [0.29, 0.717) is 6.42 Å². The third kappa shape index (κ3) is 2.48. The van der Waals surface area contributed by atoms with E-state index in [4.69, 9.17) is 10.00 Å². The van der Waals surface area contributed by atoms with Crippen molar-refractivity contribution in [3.63, 3.8) is 0 Å². The number of hydrogen-bond donors (Lipinski definition) is 1. The predicted octanol–water partition coefficient (Wildman–Crippen LogP) is 2.30. The minimum absolute atomic E-state index is 0.425. The molecule has 1 aliphatic rings. The fourth-order valence-electron chi connectivity index (χ4n) is 2.18.